The number of benzene rings is 1. The van der Waals surface area contributed by atoms with Crippen LogP contribution in [0.25, 0.3) is 0 Å². The highest BCUT2D eigenvalue weighted by Gasteiger charge is 2.14. The Morgan fingerprint density at radius 3 is 2.80 bits per heavy atom. The molecule has 104 valence electrons. The summed E-state index contributed by atoms with van der Waals surface area (Å²) in [5, 5.41) is 14.8. The molecule has 0 saturated carbocycles. The molecule has 0 amide bonds. The summed E-state index contributed by atoms with van der Waals surface area (Å²) in [6.07, 6.45) is 1.99. The maximum atomic E-state index is 11.7. The van der Waals surface area contributed by atoms with Crippen LogP contribution < -0.4 is 4.74 Å². The molecule has 7 nitrogen and oxygen atoms in total. The van der Waals surface area contributed by atoms with Crippen molar-refractivity contribution in [1.82, 2.24) is 9.78 Å². The maximum Gasteiger partial charge on any atom is 0.307 e. The van der Waals surface area contributed by atoms with Crippen LogP contribution in [-0.4, -0.2) is 27.2 Å². The molecule has 0 unspecified atom stereocenters. The van der Waals surface area contributed by atoms with Crippen LogP contribution in [-0.2, 0) is 0 Å². The molecular weight excluding hydrogens is 309 g/mol. The number of carbonyl (C=O) groups is 1. The molecule has 0 radical (unpaired) electrons. The zero-order valence-electron chi connectivity index (χ0n) is 9.82. The molecule has 0 N–H and O–H groups in total. The number of rotatable bonds is 4. The summed E-state index contributed by atoms with van der Waals surface area (Å²) in [6.45, 7) is -0.361. The van der Waals surface area contributed by atoms with E-state index in [0.29, 0.717) is 5.02 Å². The molecule has 0 aliphatic heterocycles. The van der Waals surface area contributed by atoms with Gasteiger partial charge in [0, 0.05) is 5.02 Å². The van der Waals surface area contributed by atoms with Gasteiger partial charge in [-0.1, -0.05) is 23.2 Å². The summed E-state index contributed by atoms with van der Waals surface area (Å²) in [5.41, 5.74) is -0.275. The molecule has 0 bridgehead atoms. The number of nitro groups is 1. The van der Waals surface area contributed by atoms with Gasteiger partial charge in [-0.3, -0.25) is 14.9 Å². The van der Waals surface area contributed by atoms with E-state index in [-0.39, 0.29) is 23.1 Å². The van der Waals surface area contributed by atoms with E-state index in [1.165, 1.54) is 12.1 Å². The Morgan fingerprint density at radius 2 is 2.20 bits per heavy atom. The molecule has 0 saturated heterocycles. The van der Waals surface area contributed by atoms with Gasteiger partial charge in [0.05, 0.1) is 9.95 Å². The zero-order chi connectivity index (χ0) is 14.7. The Kier molecular flexibility index (Phi) is 4.21. The van der Waals surface area contributed by atoms with Crippen LogP contribution in [0.5, 0.6) is 5.75 Å². The monoisotopic (exact) mass is 315 g/mol. The second-order valence-electron chi connectivity index (χ2n) is 3.66. The average molecular weight is 316 g/mol. The standard InChI is InChI=1S/C11H7Cl2N3O4/c12-7-1-2-10(9(13)3-7)20-6-11(17)15-5-8(4-14-15)16(18)19/h1-5H,6H2. The SMILES string of the molecule is O=C(COc1ccc(Cl)cc1Cl)n1cc([N+](=O)[O-])cn1. The first-order chi connectivity index (χ1) is 9.47. The van der Waals surface area contributed by atoms with Gasteiger partial charge in [-0.2, -0.15) is 9.78 Å². The van der Waals surface area contributed by atoms with Gasteiger partial charge in [0.2, 0.25) is 0 Å². The Balaban J connectivity index is 2.02. The average Bonchev–Trinajstić information content (AvgIpc) is 2.87. The van der Waals surface area contributed by atoms with Crippen LogP contribution in [0, 0.1) is 10.1 Å². The van der Waals surface area contributed by atoms with E-state index in [1.54, 1.807) is 6.07 Å². The number of halogens is 2. The van der Waals surface area contributed by atoms with Crippen LogP contribution in [0.1, 0.15) is 4.79 Å². The molecule has 9 heteroatoms. The first-order valence-corrected chi connectivity index (χ1v) is 6.03. The summed E-state index contributed by atoms with van der Waals surface area (Å²) in [4.78, 5) is 21.5. The second-order valence-corrected chi connectivity index (χ2v) is 4.50. The lowest BCUT2D eigenvalue weighted by molar-refractivity contribution is -0.384. The first-order valence-electron chi connectivity index (χ1n) is 5.27. The zero-order valence-corrected chi connectivity index (χ0v) is 11.3. The summed E-state index contributed by atoms with van der Waals surface area (Å²) in [6, 6.07) is 4.55. The lowest BCUT2D eigenvalue weighted by Gasteiger charge is -2.07. The minimum Gasteiger partial charge on any atom is -0.482 e. The van der Waals surface area contributed by atoms with Crippen molar-refractivity contribution in [3.05, 3.63) is 50.8 Å². The van der Waals surface area contributed by atoms with Gasteiger partial charge in [-0.25, -0.2) is 0 Å². The lowest BCUT2D eigenvalue weighted by atomic mass is 10.3. The molecule has 1 aromatic heterocycles. The topological polar surface area (TPSA) is 87.3 Å². The quantitative estimate of drug-likeness (QED) is 0.639. The fraction of sp³-hybridized carbons (Fsp3) is 0.0909. The minimum absolute atomic E-state index is 0.261. The largest absolute Gasteiger partial charge is 0.482 e. The van der Waals surface area contributed by atoms with Crippen molar-refractivity contribution in [3.63, 3.8) is 0 Å². The number of hydrogen-bond acceptors (Lipinski definition) is 5. The van der Waals surface area contributed by atoms with Gasteiger partial charge in [0.1, 0.15) is 18.1 Å². The smallest absolute Gasteiger partial charge is 0.307 e. The Bertz CT molecular complexity index is 671. The van der Waals surface area contributed by atoms with Gasteiger partial charge in [0.15, 0.2) is 6.61 Å². The molecular formula is C11H7Cl2N3O4. The fourth-order valence-corrected chi connectivity index (χ4v) is 1.80. The van der Waals surface area contributed by atoms with E-state index in [2.05, 4.69) is 5.10 Å². The fourth-order valence-electron chi connectivity index (χ4n) is 1.34. The van der Waals surface area contributed by atoms with Crippen LogP contribution in [0.2, 0.25) is 10.0 Å². The number of aromatic nitrogens is 2. The van der Waals surface area contributed by atoms with Crippen LogP contribution >= 0.6 is 23.2 Å². The number of nitrogens with zero attached hydrogens (tertiary/aromatic N) is 3. The van der Waals surface area contributed by atoms with Gasteiger partial charge >= 0.3 is 5.69 Å². The van der Waals surface area contributed by atoms with E-state index >= 15 is 0 Å². The first kappa shape index (κ1) is 14.3. The number of hydrogen-bond donors (Lipinski definition) is 0. The molecule has 0 aliphatic rings. The molecule has 2 aromatic rings. The van der Waals surface area contributed by atoms with Crippen molar-refractivity contribution >= 4 is 34.8 Å². The normalized spacial score (nSPS) is 10.3. The highest BCUT2D eigenvalue weighted by molar-refractivity contribution is 6.35. The van der Waals surface area contributed by atoms with Crippen molar-refractivity contribution in [2.24, 2.45) is 0 Å². The predicted octanol–water partition coefficient (Wildman–Crippen LogP) is 2.82. The van der Waals surface area contributed by atoms with Gasteiger partial charge < -0.3 is 4.74 Å². The van der Waals surface area contributed by atoms with Crippen LogP contribution in [0.15, 0.2) is 30.6 Å². The van der Waals surface area contributed by atoms with Crippen molar-refractivity contribution in [1.29, 1.82) is 0 Å². The third kappa shape index (κ3) is 3.25. The Hall–Kier alpha value is -2.12. The molecule has 0 aliphatic carbocycles. The highest BCUT2D eigenvalue weighted by atomic mass is 35.5. The molecule has 1 heterocycles. The second kappa shape index (κ2) is 5.89. The number of carbonyl (C=O) groups excluding carboxylic acids is 1. The van der Waals surface area contributed by atoms with Crippen molar-refractivity contribution in [2.75, 3.05) is 6.61 Å². The van der Waals surface area contributed by atoms with Crippen molar-refractivity contribution in [3.8, 4) is 5.75 Å². The Labute approximate surface area is 122 Å². The van der Waals surface area contributed by atoms with E-state index in [0.717, 1.165) is 17.1 Å². The maximum absolute atomic E-state index is 11.7. The molecule has 20 heavy (non-hydrogen) atoms. The third-order valence-corrected chi connectivity index (χ3v) is 2.81. The highest BCUT2D eigenvalue weighted by Crippen LogP contribution is 2.27. The van der Waals surface area contributed by atoms with E-state index in [9.17, 15) is 14.9 Å². The van der Waals surface area contributed by atoms with Gasteiger partial charge in [-0.15, -0.1) is 0 Å². The third-order valence-electron chi connectivity index (χ3n) is 2.28. The summed E-state index contributed by atoms with van der Waals surface area (Å²) in [5.74, 6) is -0.282. The molecule has 0 atom stereocenters. The van der Waals surface area contributed by atoms with Gasteiger partial charge in [0.25, 0.3) is 5.91 Å². The molecule has 0 fully saturated rings. The van der Waals surface area contributed by atoms with Crippen molar-refractivity contribution < 1.29 is 14.5 Å². The van der Waals surface area contributed by atoms with E-state index in [4.69, 9.17) is 27.9 Å². The minimum atomic E-state index is -0.645. The summed E-state index contributed by atoms with van der Waals surface area (Å²) in [7, 11) is 0. The lowest BCUT2D eigenvalue weighted by Crippen LogP contribution is -2.19. The molecule has 0 spiro atoms. The molecule has 1 aromatic carbocycles. The van der Waals surface area contributed by atoms with E-state index < -0.39 is 10.8 Å². The Morgan fingerprint density at radius 1 is 1.45 bits per heavy atom. The number of ether oxygens (including phenoxy) is 1. The summed E-state index contributed by atoms with van der Waals surface area (Å²) < 4.78 is 6.04. The summed E-state index contributed by atoms with van der Waals surface area (Å²) >= 11 is 11.6. The predicted molar refractivity (Wildman–Crippen MR) is 71.5 cm³/mol. The van der Waals surface area contributed by atoms with Crippen LogP contribution in [0.3, 0.4) is 0 Å². The van der Waals surface area contributed by atoms with Crippen LogP contribution in [0.4, 0.5) is 5.69 Å². The molecule has 2 rings (SSSR count). The van der Waals surface area contributed by atoms with E-state index in [1.807, 2.05) is 0 Å². The van der Waals surface area contributed by atoms with Gasteiger partial charge in [-0.05, 0) is 18.2 Å². The van der Waals surface area contributed by atoms with Crippen molar-refractivity contribution in [2.45, 2.75) is 0 Å².